The van der Waals surface area contributed by atoms with Crippen molar-refractivity contribution >= 4 is 17.6 Å². The summed E-state index contributed by atoms with van der Waals surface area (Å²) in [7, 11) is 0. The van der Waals surface area contributed by atoms with E-state index in [-0.39, 0.29) is 18.0 Å². The number of carboxylic acid groups (broad SMARTS) is 1. The Morgan fingerprint density at radius 2 is 2.10 bits per heavy atom. The highest BCUT2D eigenvalue weighted by atomic mass is 19.1. The second-order valence-corrected chi connectivity index (χ2v) is 4.49. The van der Waals surface area contributed by atoms with Crippen molar-refractivity contribution in [3.63, 3.8) is 0 Å². The minimum absolute atomic E-state index is 0.0645. The molecule has 0 atom stereocenters. The van der Waals surface area contributed by atoms with Gasteiger partial charge in [0.25, 0.3) is 0 Å². The van der Waals surface area contributed by atoms with Gasteiger partial charge in [0.05, 0.1) is 17.7 Å². The van der Waals surface area contributed by atoms with Crippen molar-refractivity contribution in [1.29, 1.82) is 0 Å². The van der Waals surface area contributed by atoms with Crippen LogP contribution in [0.5, 0.6) is 0 Å². The fourth-order valence-electron chi connectivity index (χ4n) is 1.83. The molecule has 0 saturated carbocycles. The van der Waals surface area contributed by atoms with Crippen LogP contribution < -0.4 is 5.32 Å². The molecule has 108 valence electrons. The molecule has 0 spiro atoms. The smallest absolute Gasteiger partial charge is 0.338 e. The van der Waals surface area contributed by atoms with Crippen molar-refractivity contribution in [2.24, 2.45) is 0 Å². The number of hydrogen-bond acceptors (Lipinski definition) is 3. The second kappa shape index (κ2) is 6.13. The Bertz CT molecular complexity index is 701. The Labute approximate surface area is 120 Å². The largest absolute Gasteiger partial charge is 0.478 e. The summed E-state index contributed by atoms with van der Waals surface area (Å²) in [6.45, 7) is 1.84. The predicted octanol–water partition coefficient (Wildman–Crippen LogP) is 2.41. The van der Waals surface area contributed by atoms with Crippen LogP contribution in [0.15, 0.2) is 36.5 Å². The second-order valence-electron chi connectivity index (χ2n) is 4.49. The molecule has 1 amide bonds. The van der Waals surface area contributed by atoms with Gasteiger partial charge in [-0.05, 0) is 36.8 Å². The minimum Gasteiger partial charge on any atom is -0.478 e. The average molecular weight is 288 g/mol. The topological polar surface area (TPSA) is 79.3 Å². The molecule has 0 aliphatic carbocycles. The van der Waals surface area contributed by atoms with Crippen molar-refractivity contribution in [2.45, 2.75) is 13.3 Å². The normalized spacial score (nSPS) is 10.2. The van der Waals surface area contributed by atoms with Gasteiger partial charge in [0.2, 0.25) is 5.91 Å². The lowest BCUT2D eigenvalue weighted by molar-refractivity contribution is -0.115. The number of rotatable bonds is 4. The Kier molecular flexibility index (Phi) is 4.27. The van der Waals surface area contributed by atoms with E-state index in [1.54, 1.807) is 12.3 Å². The first kappa shape index (κ1) is 14.6. The van der Waals surface area contributed by atoms with Crippen molar-refractivity contribution in [1.82, 2.24) is 4.98 Å². The number of carbonyl (C=O) groups excluding carboxylic acids is 1. The summed E-state index contributed by atoms with van der Waals surface area (Å²) in [6, 6.07) is 7.05. The van der Waals surface area contributed by atoms with Gasteiger partial charge in [-0.3, -0.25) is 9.78 Å². The third-order valence-corrected chi connectivity index (χ3v) is 2.93. The molecule has 0 unspecified atom stereocenters. The SMILES string of the molecule is Cc1cccnc1CC(=O)Nc1ccc(C(=O)O)c(F)c1. The average Bonchev–Trinajstić information content (AvgIpc) is 2.41. The molecule has 2 rings (SSSR count). The molecule has 5 nitrogen and oxygen atoms in total. The Morgan fingerprint density at radius 1 is 1.33 bits per heavy atom. The van der Waals surface area contributed by atoms with E-state index < -0.39 is 17.3 Å². The molecule has 0 fully saturated rings. The molecular weight excluding hydrogens is 275 g/mol. The lowest BCUT2D eigenvalue weighted by atomic mass is 10.1. The molecule has 1 aromatic carbocycles. The summed E-state index contributed by atoms with van der Waals surface area (Å²) in [5.41, 5.74) is 1.29. The number of pyridine rings is 1. The first-order valence-corrected chi connectivity index (χ1v) is 6.20. The number of carbonyl (C=O) groups is 2. The Balaban J connectivity index is 2.08. The van der Waals surface area contributed by atoms with E-state index in [0.717, 1.165) is 17.7 Å². The molecule has 0 aliphatic heterocycles. The summed E-state index contributed by atoms with van der Waals surface area (Å²) in [5, 5.41) is 11.2. The number of halogens is 1. The number of hydrogen-bond donors (Lipinski definition) is 2. The Morgan fingerprint density at radius 3 is 2.71 bits per heavy atom. The molecule has 0 radical (unpaired) electrons. The lowest BCUT2D eigenvalue weighted by Gasteiger charge is -2.07. The summed E-state index contributed by atoms with van der Waals surface area (Å²) in [5.74, 6) is -2.59. The minimum atomic E-state index is -1.35. The number of nitrogens with zero attached hydrogens (tertiary/aromatic N) is 1. The van der Waals surface area contributed by atoms with Crippen molar-refractivity contribution < 1.29 is 19.1 Å². The highest BCUT2D eigenvalue weighted by Gasteiger charge is 2.12. The van der Waals surface area contributed by atoms with Gasteiger partial charge in [-0.2, -0.15) is 0 Å². The van der Waals surface area contributed by atoms with Gasteiger partial charge in [0.1, 0.15) is 5.82 Å². The number of aryl methyl sites for hydroxylation is 1. The van der Waals surface area contributed by atoms with Gasteiger partial charge in [0.15, 0.2) is 0 Å². The number of anilines is 1. The summed E-state index contributed by atoms with van der Waals surface area (Å²) in [6.07, 6.45) is 1.66. The number of benzene rings is 1. The molecule has 2 aromatic rings. The van der Waals surface area contributed by atoms with Crippen LogP contribution in [-0.4, -0.2) is 22.0 Å². The first-order valence-electron chi connectivity index (χ1n) is 6.20. The van der Waals surface area contributed by atoms with Crippen molar-refractivity contribution in [2.75, 3.05) is 5.32 Å². The van der Waals surface area contributed by atoms with Crippen LogP contribution >= 0.6 is 0 Å². The van der Waals surface area contributed by atoms with Crippen LogP contribution in [0.25, 0.3) is 0 Å². The van der Waals surface area contributed by atoms with E-state index in [2.05, 4.69) is 10.3 Å². The van der Waals surface area contributed by atoms with E-state index >= 15 is 0 Å². The van der Waals surface area contributed by atoms with Gasteiger partial charge >= 0.3 is 5.97 Å². The molecule has 2 N–H and O–H groups in total. The summed E-state index contributed by atoms with van der Waals surface area (Å²) >= 11 is 0. The molecule has 6 heteroatoms. The van der Waals surface area contributed by atoms with E-state index in [1.807, 2.05) is 13.0 Å². The first-order chi connectivity index (χ1) is 9.97. The predicted molar refractivity (Wildman–Crippen MR) is 74.7 cm³/mol. The molecule has 0 saturated heterocycles. The number of aromatic carboxylic acids is 1. The number of carboxylic acids is 1. The quantitative estimate of drug-likeness (QED) is 0.905. The standard InChI is InChI=1S/C15H13FN2O3/c1-9-3-2-6-17-13(9)8-14(19)18-10-4-5-11(15(20)21)12(16)7-10/h2-7H,8H2,1H3,(H,18,19)(H,20,21). The number of aromatic nitrogens is 1. The van der Waals surface area contributed by atoms with Crippen LogP contribution in [0.2, 0.25) is 0 Å². The maximum Gasteiger partial charge on any atom is 0.338 e. The van der Waals surface area contributed by atoms with Gasteiger partial charge in [0, 0.05) is 11.9 Å². The highest BCUT2D eigenvalue weighted by Crippen LogP contribution is 2.15. The fourth-order valence-corrected chi connectivity index (χ4v) is 1.83. The van der Waals surface area contributed by atoms with Crippen LogP contribution in [0.4, 0.5) is 10.1 Å². The van der Waals surface area contributed by atoms with E-state index in [9.17, 15) is 14.0 Å². The zero-order chi connectivity index (χ0) is 15.4. The van der Waals surface area contributed by atoms with Gasteiger partial charge in [-0.15, -0.1) is 0 Å². The zero-order valence-corrected chi connectivity index (χ0v) is 11.3. The number of amides is 1. The lowest BCUT2D eigenvalue weighted by Crippen LogP contribution is -2.16. The van der Waals surface area contributed by atoms with Gasteiger partial charge < -0.3 is 10.4 Å². The Hall–Kier alpha value is -2.76. The van der Waals surface area contributed by atoms with E-state index in [0.29, 0.717) is 5.69 Å². The molecule has 1 heterocycles. The highest BCUT2D eigenvalue weighted by molar-refractivity contribution is 5.93. The summed E-state index contributed by atoms with van der Waals surface area (Å²) in [4.78, 5) is 26.7. The van der Waals surface area contributed by atoms with Crippen molar-refractivity contribution in [3.8, 4) is 0 Å². The van der Waals surface area contributed by atoms with Crippen LogP contribution in [-0.2, 0) is 11.2 Å². The van der Waals surface area contributed by atoms with Crippen LogP contribution in [0, 0.1) is 12.7 Å². The maximum absolute atomic E-state index is 13.5. The van der Waals surface area contributed by atoms with E-state index in [1.165, 1.54) is 6.07 Å². The number of nitrogens with one attached hydrogen (secondary N) is 1. The van der Waals surface area contributed by atoms with Crippen molar-refractivity contribution in [3.05, 3.63) is 59.2 Å². The fraction of sp³-hybridized carbons (Fsp3) is 0.133. The zero-order valence-electron chi connectivity index (χ0n) is 11.3. The molecular formula is C15H13FN2O3. The maximum atomic E-state index is 13.5. The molecule has 0 bridgehead atoms. The third kappa shape index (κ3) is 3.62. The molecule has 21 heavy (non-hydrogen) atoms. The monoisotopic (exact) mass is 288 g/mol. The van der Waals surface area contributed by atoms with Gasteiger partial charge in [-0.1, -0.05) is 6.07 Å². The summed E-state index contributed by atoms with van der Waals surface area (Å²) < 4.78 is 13.5. The molecule has 1 aromatic heterocycles. The van der Waals surface area contributed by atoms with E-state index in [4.69, 9.17) is 5.11 Å². The van der Waals surface area contributed by atoms with Gasteiger partial charge in [-0.25, -0.2) is 9.18 Å². The van der Waals surface area contributed by atoms with Crippen LogP contribution in [0.1, 0.15) is 21.6 Å². The molecule has 0 aliphatic rings. The van der Waals surface area contributed by atoms with Crippen LogP contribution in [0.3, 0.4) is 0 Å². The third-order valence-electron chi connectivity index (χ3n) is 2.93.